The van der Waals surface area contributed by atoms with Crippen LogP contribution in [0.4, 0.5) is 11.4 Å². The smallest absolute Gasteiger partial charge is 0.295 e. The summed E-state index contributed by atoms with van der Waals surface area (Å²) in [5.41, 5.74) is 3.28. The molecular weight excluding hydrogens is 364 g/mol. The summed E-state index contributed by atoms with van der Waals surface area (Å²) in [6.07, 6.45) is 9.50. The van der Waals surface area contributed by atoms with E-state index in [1.54, 1.807) is 18.3 Å². The van der Waals surface area contributed by atoms with Crippen LogP contribution in [0.25, 0.3) is 0 Å². The highest BCUT2D eigenvalue weighted by molar-refractivity contribution is 5.86. The fourth-order valence-electron chi connectivity index (χ4n) is 6.48. The molecule has 4 saturated carbocycles. The monoisotopic (exact) mass is 390 g/mol. The fourth-order valence-corrected chi connectivity index (χ4v) is 6.48. The van der Waals surface area contributed by atoms with Gasteiger partial charge < -0.3 is 5.11 Å². The fraction of sp³-hybridized carbons (Fsp3) is 0.458. The molecule has 29 heavy (non-hydrogen) atoms. The van der Waals surface area contributed by atoms with E-state index in [1.807, 2.05) is 13.0 Å². The van der Waals surface area contributed by atoms with Gasteiger partial charge in [0.1, 0.15) is 11.4 Å². The maximum absolute atomic E-state index is 11.3. The average molecular weight is 390 g/mol. The SMILES string of the molecule is Cc1ccc(N=Cc2cc(C34CC5CC(CC(C5)C3)C4)ccc2O)c([N+](=O)[O-])c1. The van der Waals surface area contributed by atoms with E-state index in [1.165, 1.54) is 50.2 Å². The Kier molecular flexibility index (Phi) is 4.23. The Morgan fingerprint density at radius 1 is 1.07 bits per heavy atom. The summed E-state index contributed by atoms with van der Waals surface area (Å²) in [4.78, 5) is 15.3. The van der Waals surface area contributed by atoms with E-state index in [0.29, 0.717) is 11.3 Å². The number of nitro benzene ring substituents is 1. The Morgan fingerprint density at radius 2 is 1.72 bits per heavy atom. The summed E-state index contributed by atoms with van der Waals surface area (Å²) >= 11 is 0. The van der Waals surface area contributed by atoms with E-state index in [0.717, 1.165) is 23.3 Å². The van der Waals surface area contributed by atoms with Gasteiger partial charge in [-0.1, -0.05) is 12.1 Å². The molecule has 4 fully saturated rings. The lowest BCUT2D eigenvalue weighted by Gasteiger charge is -2.57. The van der Waals surface area contributed by atoms with Gasteiger partial charge in [0.25, 0.3) is 5.69 Å². The molecule has 2 aromatic carbocycles. The Morgan fingerprint density at radius 3 is 2.34 bits per heavy atom. The molecule has 0 saturated heterocycles. The van der Waals surface area contributed by atoms with Crippen LogP contribution in [0.1, 0.15) is 55.2 Å². The first-order valence-electron chi connectivity index (χ1n) is 10.5. The molecule has 0 aliphatic heterocycles. The summed E-state index contributed by atoms with van der Waals surface area (Å²) in [5, 5.41) is 21.7. The molecule has 4 aliphatic carbocycles. The number of phenols is 1. The van der Waals surface area contributed by atoms with Crippen molar-refractivity contribution in [3.05, 3.63) is 63.2 Å². The molecule has 4 bridgehead atoms. The molecule has 0 amide bonds. The van der Waals surface area contributed by atoms with Gasteiger partial charge in [-0.3, -0.25) is 10.1 Å². The molecule has 0 atom stereocenters. The third kappa shape index (κ3) is 3.22. The van der Waals surface area contributed by atoms with Crippen molar-refractivity contribution in [3.8, 4) is 5.75 Å². The number of aryl methyl sites for hydroxylation is 1. The van der Waals surface area contributed by atoms with Gasteiger partial charge in [0.15, 0.2) is 0 Å². The van der Waals surface area contributed by atoms with E-state index in [-0.39, 0.29) is 16.9 Å². The van der Waals surface area contributed by atoms with E-state index in [9.17, 15) is 15.2 Å². The molecule has 0 spiro atoms. The average Bonchev–Trinajstić information content (AvgIpc) is 2.66. The number of rotatable bonds is 4. The van der Waals surface area contributed by atoms with Gasteiger partial charge in [-0.05, 0) is 97.9 Å². The number of hydrogen-bond donors (Lipinski definition) is 1. The Bertz CT molecular complexity index is 976. The van der Waals surface area contributed by atoms with Crippen molar-refractivity contribution in [1.82, 2.24) is 0 Å². The third-order valence-corrected chi connectivity index (χ3v) is 7.35. The van der Waals surface area contributed by atoms with Gasteiger partial charge in [-0.25, -0.2) is 4.99 Å². The van der Waals surface area contributed by atoms with Crippen LogP contribution in [0.5, 0.6) is 5.75 Å². The molecular formula is C24H26N2O3. The predicted molar refractivity (Wildman–Crippen MR) is 113 cm³/mol. The number of phenolic OH excluding ortho intramolecular Hbond substituents is 1. The van der Waals surface area contributed by atoms with Gasteiger partial charge in [-0.2, -0.15) is 0 Å². The number of nitro groups is 1. The molecule has 4 aliphatic rings. The quantitative estimate of drug-likeness (QED) is 0.405. The van der Waals surface area contributed by atoms with Crippen LogP contribution in [0.15, 0.2) is 41.4 Å². The van der Waals surface area contributed by atoms with Gasteiger partial charge in [-0.15, -0.1) is 0 Å². The number of nitrogens with zero attached hydrogens (tertiary/aromatic N) is 2. The lowest BCUT2D eigenvalue weighted by molar-refractivity contribution is -0.384. The van der Waals surface area contributed by atoms with Crippen molar-refractivity contribution in [3.63, 3.8) is 0 Å². The molecule has 0 radical (unpaired) electrons. The van der Waals surface area contributed by atoms with Gasteiger partial charge >= 0.3 is 0 Å². The molecule has 2 aromatic rings. The van der Waals surface area contributed by atoms with E-state index in [2.05, 4.69) is 17.1 Å². The van der Waals surface area contributed by atoms with Crippen LogP contribution in [0.2, 0.25) is 0 Å². The topological polar surface area (TPSA) is 75.7 Å². The molecule has 0 aromatic heterocycles. The molecule has 0 heterocycles. The van der Waals surface area contributed by atoms with E-state index < -0.39 is 4.92 Å². The third-order valence-electron chi connectivity index (χ3n) is 7.35. The highest BCUT2D eigenvalue weighted by Gasteiger charge is 2.51. The molecule has 150 valence electrons. The number of hydrogen-bond acceptors (Lipinski definition) is 4. The van der Waals surface area contributed by atoms with Crippen molar-refractivity contribution in [2.24, 2.45) is 22.7 Å². The molecule has 0 unspecified atom stereocenters. The van der Waals surface area contributed by atoms with Crippen LogP contribution in [-0.2, 0) is 5.41 Å². The summed E-state index contributed by atoms with van der Waals surface area (Å²) in [7, 11) is 0. The molecule has 5 heteroatoms. The highest BCUT2D eigenvalue weighted by Crippen LogP contribution is 2.60. The first kappa shape index (κ1) is 18.3. The highest BCUT2D eigenvalue weighted by atomic mass is 16.6. The lowest BCUT2D eigenvalue weighted by Crippen LogP contribution is -2.48. The minimum absolute atomic E-state index is 0.0158. The van der Waals surface area contributed by atoms with E-state index in [4.69, 9.17) is 0 Å². The van der Waals surface area contributed by atoms with Crippen molar-refractivity contribution in [2.75, 3.05) is 0 Å². The minimum Gasteiger partial charge on any atom is -0.507 e. The Balaban J connectivity index is 1.49. The second-order valence-corrected chi connectivity index (χ2v) is 9.48. The second-order valence-electron chi connectivity index (χ2n) is 9.48. The zero-order valence-electron chi connectivity index (χ0n) is 16.7. The van der Waals surface area contributed by atoms with Crippen LogP contribution in [0.3, 0.4) is 0 Å². The Hall–Kier alpha value is -2.69. The van der Waals surface area contributed by atoms with E-state index >= 15 is 0 Å². The standard InChI is InChI=1S/C24H26N2O3/c1-15-2-4-21(22(6-15)26(28)29)25-14-19-10-20(3-5-23(19)27)24-11-16-7-17(12-24)9-18(8-16)13-24/h2-6,10,14,16-18,27H,7-9,11-13H2,1H3. The zero-order valence-corrected chi connectivity index (χ0v) is 16.7. The van der Waals surface area contributed by atoms with Crippen LogP contribution in [-0.4, -0.2) is 16.2 Å². The summed E-state index contributed by atoms with van der Waals surface area (Å²) in [6.45, 7) is 1.82. The Labute approximate surface area is 170 Å². The van der Waals surface area contributed by atoms with Gasteiger partial charge in [0, 0.05) is 17.8 Å². The number of aliphatic imine (C=N–C) groups is 1. The van der Waals surface area contributed by atoms with Gasteiger partial charge in [0.2, 0.25) is 0 Å². The van der Waals surface area contributed by atoms with Crippen molar-refractivity contribution in [2.45, 2.75) is 50.9 Å². The molecule has 6 rings (SSSR count). The van der Waals surface area contributed by atoms with Crippen LogP contribution >= 0.6 is 0 Å². The summed E-state index contributed by atoms with van der Waals surface area (Å²) in [6, 6.07) is 10.9. The second kappa shape index (κ2) is 6.68. The van der Waals surface area contributed by atoms with Crippen LogP contribution in [0, 0.1) is 34.8 Å². The predicted octanol–water partition coefficient (Wildman–Crippen LogP) is 5.83. The van der Waals surface area contributed by atoms with Gasteiger partial charge in [0.05, 0.1) is 4.92 Å². The lowest BCUT2D eigenvalue weighted by atomic mass is 9.48. The first-order chi connectivity index (χ1) is 13.9. The van der Waals surface area contributed by atoms with Crippen molar-refractivity contribution in [1.29, 1.82) is 0 Å². The molecule has 5 nitrogen and oxygen atoms in total. The van der Waals surface area contributed by atoms with Crippen molar-refractivity contribution >= 4 is 17.6 Å². The van der Waals surface area contributed by atoms with Crippen molar-refractivity contribution < 1.29 is 10.0 Å². The summed E-state index contributed by atoms with van der Waals surface area (Å²) in [5.74, 6) is 2.71. The maximum atomic E-state index is 11.3. The van der Waals surface area contributed by atoms with Crippen LogP contribution < -0.4 is 0 Å². The number of benzene rings is 2. The zero-order chi connectivity index (χ0) is 20.2. The normalized spacial score (nSPS) is 30.2. The summed E-state index contributed by atoms with van der Waals surface area (Å²) < 4.78 is 0. The maximum Gasteiger partial charge on any atom is 0.295 e. The largest absolute Gasteiger partial charge is 0.507 e. The first-order valence-corrected chi connectivity index (χ1v) is 10.5. The minimum atomic E-state index is -0.411. The molecule has 1 N–H and O–H groups in total. The number of aromatic hydroxyl groups is 1.